The summed E-state index contributed by atoms with van der Waals surface area (Å²) >= 11 is 0. The quantitative estimate of drug-likeness (QED) is 0.765. The lowest BCUT2D eigenvalue weighted by atomic mass is 9.98. The molecule has 0 aliphatic heterocycles. The fourth-order valence-electron chi connectivity index (χ4n) is 1.60. The largest absolute Gasteiger partial charge is 0.496 e. The molecule has 0 radical (unpaired) electrons. The van der Waals surface area contributed by atoms with Crippen LogP contribution in [-0.4, -0.2) is 29.2 Å². The van der Waals surface area contributed by atoms with Crippen molar-refractivity contribution in [2.75, 3.05) is 7.11 Å². The molecule has 5 nitrogen and oxygen atoms in total. The summed E-state index contributed by atoms with van der Waals surface area (Å²) in [5, 5.41) is 28.0. The summed E-state index contributed by atoms with van der Waals surface area (Å²) in [7, 11) is 1.43. The Labute approximate surface area is 105 Å². The standard InChI is InChI=1S/C13H15NO4/c1-8(15)9-3-4-12(18-2)10(7-9)13(17)11(16)5-6-14/h3-4,7,11,13,16-17H,5H2,1-2H3. The fourth-order valence-corrected chi connectivity index (χ4v) is 1.60. The number of aliphatic hydroxyl groups excluding tert-OH is 2. The first-order chi connectivity index (χ1) is 8.51. The molecule has 0 aromatic heterocycles. The number of carbonyl (C=O) groups excluding carboxylic acids is 1. The molecule has 1 aromatic carbocycles. The third kappa shape index (κ3) is 3.06. The summed E-state index contributed by atoms with van der Waals surface area (Å²) in [6, 6.07) is 6.37. The van der Waals surface area contributed by atoms with Crippen LogP contribution in [0, 0.1) is 11.3 Å². The molecule has 0 bridgehead atoms. The van der Waals surface area contributed by atoms with Crippen molar-refractivity contribution in [3.8, 4) is 11.8 Å². The van der Waals surface area contributed by atoms with Gasteiger partial charge in [0.1, 0.15) is 11.9 Å². The Balaban J connectivity index is 3.15. The Bertz CT molecular complexity index is 478. The van der Waals surface area contributed by atoms with Crippen LogP contribution in [0.15, 0.2) is 18.2 Å². The molecule has 96 valence electrons. The lowest BCUT2D eigenvalue weighted by Crippen LogP contribution is -2.18. The van der Waals surface area contributed by atoms with Gasteiger partial charge in [0.05, 0.1) is 25.7 Å². The molecule has 0 spiro atoms. The average molecular weight is 249 g/mol. The zero-order chi connectivity index (χ0) is 13.7. The molecule has 2 N–H and O–H groups in total. The highest BCUT2D eigenvalue weighted by molar-refractivity contribution is 5.94. The average Bonchev–Trinajstić information content (AvgIpc) is 2.37. The van der Waals surface area contributed by atoms with E-state index in [0.717, 1.165) is 0 Å². The van der Waals surface area contributed by atoms with Crippen LogP contribution in [0.25, 0.3) is 0 Å². The van der Waals surface area contributed by atoms with Gasteiger partial charge in [-0.1, -0.05) is 0 Å². The molecule has 0 aliphatic rings. The van der Waals surface area contributed by atoms with Crippen LogP contribution in [0.3, 0.4) is 0 Å². The third-order valence-corrected chi connectivity index (χ3v) is 2.62. The fraction of sp³-hybridized carbons (Fsp3) is 0.385. The van der Waals surface area contributed by atoms with Crippen molar-refractivity contribution in [2.24, 2.45) is 0 Å². The van der Waals surface area contributed by atoms with E-state index in [1.807, 2.05) is 0 Å². The monoisotopic (exact) mass is 249 g/mol. The second-order valence-electron chi connectivity index (χ2n) is 3.89. The third-order valence-electron chi connectivity index (χ3n) is 2.62. The topological polar surface area (TPSA) is 90.6 Å². The molecule has 2 atom stereocenters. The van der Waals surface area contributed by atoms with Crippen LogP contribution in [0.5, 0.6) is 5.75 Å². The summed E-state index contributed by atoms with van der Waals surface area (Å²) in [4.78, 5) is 11.3. The van der Waals surface area contributed by atoms with Gasteiger partial charge in [-0.3, -0.25) is 4.79 Å². The van der Waals surface area contributed by atoms with Crippen molar-refractivity contribution in [2.45, 2.75) is 25.6 Å². The zero-order valence-corrected chi connectivity index (χ0v) is 10.3. The molecular formula is C13H15NO4. The van der Waals surface area contributed by atoms with Crippen molar-refractivity contribution >= 4 is 5.78 Å². The Hall–Kier alpha value is -1.90. The van der Waals surface area contributed by atoms with Gasteiger partial charge < -0.3 is 14.9 Å². The summed E-state index contributed by atoms with van der Waals surface area (Å²) in [6.45, 7) is 1.41. The van der Waals surface area contributed by atoms with E-state index >= 15 is 0 Å². The molecule has 0 saturated carbocycles. The van der Waals surface area contributed by atoms with Gasteiger partial charge in [-0.15, -0.1) is 0 Å². The number of ether oxygens (including phenoxy) is 1. The van der Waals surface area contributed by atoms with Gasteiger partial charge in [0, 0.05) is 11.1 Å². The van der Waals surface area contributed by atoms with Crippen molar-refractivity contribution < 1.29 is 19.7 Å². The Kier molecular flexibility index (Phi) is 4.84. The normalized spacial score (nSPS) is 13.5. The molecule has 1 aromatic rings. The number of nitriles is 1. The maximum Gasteiger partial charge on any atom is 0.159 e. The first-order valence-electron chi connectivity index (χ1n) is 5.43. The molecule has 0 aliphatic carbocycles. The second-order valence-corrected chi connectivity index (χ2v) is 3.89. The Morgan fingerprint density at radius 3 is 2.67 bits per heavy atom. The van der Waals surface area contributed by atoms with Gasteiger partial charge >= 0.3 is 0 Å². The van der Waals surface area contributed by atoms with Crippen LogP contribution in [0.4, 0.5) is 0 Å². The number of aliphatic hydroxyl groups is 2. The number of rotatable bonds is 5. The Morgan fingerprint density at radius 1 is 1.50 bits per heavy atom. The number of carbonyl (C=O) groups is 1. The minimum atomic E-state index is -1.26. The number of hydrogen-bond donors (Lipinski definition) is 2. The van der Waals surface area contributed by atoms with E-state index < -0.39 is 12.2 Å². The van der Waals surface area contributed by atoms with Crippen molar-refractivity contribution in [3.05, 3.63) is 29.3 Å². The van der Waals surface area contributed by atoms with E-state index in [9.17, 15) is 15.0 Å². The van der Waals surface area contributed by atoms with Gasteiger partial charge in [0.15, 0.2) is 5.78 Å². The smallest absolute Gasteiger partial charge is 0.159 e. The van der Waals surface area contributed by atoms with Crippen molar-refractivity contribution in [1.82, 2.24) is 0 Å². The van der Waals surface area contributed by atoms with E-state index in [4.69, 9.17) is 10.00 Å². The maximum atomic E-state index is 11.3. The number of hydrogen-bond acceptors (Lipinski definition) is 5. The predicted octanol–water partition coefficient (Wildman–Crippen LogP) is 1.21. The highest BCUT2D eigenvalue weighted by Gasteiger charge is 2.22. The summed E-state index contributed by atoms with van der Waals surface area (Å²) < 4.78 is 5.06. The number of benzene rings is 1. The van der Waals surface area contributed by atoms with Crippen molar-refractivity contribution in [1.29, 1.82) is 5.26 Å². The number of Topliss-reactive ketones (excluding diaryl/α,β-unsaturated/α-hetero) is 1. The number of methoxy groups -OCH3 is 1. The van der Waals surface area contributed by atoms with Gasteiger partial charge in [0.2, 0.25) is 0 Å². The molecule has 0 saturated heterocycles. The van der Waals surface area contributed by atoms with Gasteiger partial charge in [0.25, 0.3) is 0 Å². The maximum absolute atomic E-state index is 11.3. The zero-order valence-electron chi connectivity index (χ0n) is 10.3. The molecule has 1 rings (SSSR count). The van der Waals surface area contributed by atoms with Gasteiger partial charge in [-0.25, -0.2) is 0 Å². The molecule has 0 fully saturated rings. The van der Waals surface area contributed by atoms with E-state index in [2.05, 4.69) is 0 Å². The molecule has 2 unspecified atom stereocenters. The lowest BCUT2D eigenvalue weighted by Gasteiger charge is -2.19. The molecule has 0 amide bonds. The predicted molar refractivity (Wildman–Crippen MR) is 64.2 cm³/mol. The second kappa shape index (κ2) is 6.15. The molecular weight excluding hydrogens is 234 g/mol. The van der Waals surface area contributed by atoms with Crippen LogP contribution in [0.2, 0.25) is 0 Å². The molecule has 5 heteroatoms. The summed E-state index contributed by atoms with van der Waals surface area (Å²) in [5.41, 5.74) is 0.710. The van der Waals surface area contributed by atoms with Crippen LogP contribution >= 0.6 is 0 Å². The highest BCUT2D eigenvalue weighted by atomic mass is 16.5. The molecule has 18 heavy (non-hydrogen) atoms. The minimum absolute atomic E-state index is 0.152. The minimum Gasteiger partial charge on any atom is -0.496 e. The first kappa shape index (κ1) is 14.2. The van der Waals surface area contributed by atoms with Gasteiger partial charge in [-0.05, 0) is 25.1 Å². The first-order valence-corrected chi connectivity index (χ1v) is 5.43. The highest BCUT2D eigenvalue weighted by Crippen LogP contribution is 2.29. The number of nitrogens with zero attached hydrogens (tertiary/aromatic N) is 1. The number of ketones is 1. The lowest BCUT2D eigenvalue weighted by molar-refractivity contribution is 0.0202. The summed E-state index contributed by atoms with van der Waals surface area (Å²) in [6.07, 6.45) is -2.68. The van der Waals surface area contributed by atoms with Crippen LogP contribution in [-0.2, 0) is 0 Å². The molecule has 0 heterocycles. The van der Waals surface area contributed by atoms with Gasteiger partial charge in [-0.2, -0.15) is 5.26 Å². The van der Waals surface area contributed by atoms with E-state index in [-0.39, 0.29) is 12.2 Å². The SMILES string of the molecule is COc1ccc(C(C)=O)cc1C(O)C(O)CC#N. The summed E-state index contributed by atoms with van der Waals surface area (Å²) in [5.74, 6) is 0.213. The van der Waals surface area contributed by atoms with E-state index in [0.29, 0.717) is 16.9 Å². The van der Waals surface area contributed by atoms with E-state index in [1.54, 1.807) is 18.2 Å². The van der Waals surface area contributed by atoms with Crippen molar-refractivity contribution in [3.63, 3.8) is 0 Å². The Morgan fingerprint density at radius 2 is 2.17 bits per heavy atom. The van der Waals surface area contributed by atoms with Crippen LogP contribution < -0.4 is 4.74 Å². The van der Waals surface area contributed by atoms with Crippen LogP contribution in [0.1, 0.15) is 35.4 Å². The van der Waals surface area contributed by atoms with E-state index in [1.165, 1.54) is 20.1 Å².